The molecule has 0 fully saturated rings. The summed E-state index contributed by atoms with van der Waals surface area (Å²) in [6.45, 7) is 2.31. The van der Waals surface area contributed by atoms with Crippen LogP contribution in [0.3, 0.4) is 0 Å². The van der Waals surface area contributed by atoms with Gasteiger partial charge in [0.25, 0.3) is 0 Å². The van der Waals surface area contributed by atoms with Crippen LogP contribution >= 0.6 is 0 Å². The number of azide groups is 1. The Balaban J connectivity index is 3.88. The average molecular weight is 379 g/mol. The molecule has 0 aliphatic carbocycles. The number of aryl methyl sites for hydroxylation is 2. The first-order valence-electron chi connectivity index (χ1n) is 6.54. The van der Waals surface area contributed by atoms with E-state index in [-0.39, 0.29) is 35.4 Å². The van der Waals surface area contributed by atoms with Crippen LogP contribution in [0.15, 0.2) is 17.2 Å². The van der Waals surface area contributed by atoms with Crippen molar-refractivity contribution >= 4 is 5.69 Å². The van der Waals surface area contributed by atoms with Crippen LogP contribution in [0.4, 0.5) is 45.2 Å². The molecule has 0 spiro atoms. The summed E-state index contributed by atoms with van der Waals surface area (Å²) in [6.07, 6.45) is -13.6. The van der Waals surface area contributed by atoms with Crippen molar-refractivity contribution in [3.8, 4) is 0 Å². The normalized spacial score (nSPS) is 15.5. The molecule has 140 valence electrons. The van der Waals surface area contributed by atoms with Gasteiger partial charge in [-0.15, -0.1) is 0 Å². The lowest BCUT2D eigenvalue weighted by Gasteiger charge is -2.36. The fraction of sp³-hybridized carbons (Fsp3) is 0.538. The average Bonchev–Trinajstić information content (AvgIpc) is 2.45. The summed E-state index contributed by atoms with van der Waals surface area (Å²) in [4.78, 5) is 2.38. The maximum absolute atomic E-state index is 14.4. The minimum absolute atomic E-state index is 0.163. The van der Waals surface area contributed by atoms with E-state index in [4.69, 9.17) is 5.53 Å². The Morgan fingerprint density at radius 3 is 1.84 bits per heavy atom. The molecule has 0 saturated heterocycles. The van der Waals surface area contributed by atoms with E-state index < -0.39 is 29.5 Å². The Morgan fingerprint density at radius 2 is 1.48 bits per heavy atom. The van der Waals surface area contributed by atoms with E-state index in [1.165, 1.54) is 6.92 Å². The molecule has 3 nitrogen and oxygen atoms in total. The van der Waals surface area contributed by atoms with Gasteiger partial charge in [-0.1, -0.05) is 24.2 Å². The first-order chi connectivity index (χ1) is 11.1. The van der Waals surface area contributed by atoms with Crippen LogP contribution in [0.2, 0.25) is 0 Å². The first-order valence-corrected chi connectivity index (χ1v) is 6.54. The summed E-state index contributed by atoms with van der Waals surface area (Å²) in [7, 11) is 0. The third-order valence-electron chi connectivity index (χ3n) is 3.48. The highest BCUT2D eigenvalue weighted by atomic mass is 19.4. The molecule has 0 saturated carbocycles. The molecule has 0 aliphatic heterocycles. The molecule has 25 heavy (non-hydrogen) atoms. The van der Waals surface area contributed by atoms with E-state index in [9.17, 15) is 39.5 Å². The SMILES string of the molecule is CCc1cc(C(F)(C(F)(F)F)C(F)(F)C(F)(F)F)cc(C)c1N=[N+]=[N-]. The van der Waals surface area contributed by atoms with Crippen molar-refractivity contribution in [3.05, 3.63) is 39.3 Å². The highest BCUT2D eigenvalue weighted by Gasteiger charge is 2.81. The molecule has 0 N–H and O–H groups in total. The van der Waals surface area contributed by atoms with E-state index in [2.05, 4.69) is 10.0 Å². The Morgan fingerprint density at radius 1 is 0.960 bits per heavy atom. The minimum Gasteiger partial charge on any atom is -0.221 e. The predicted molar refractivity (Wildman–Crippen MR) is 69.2 cm³/mol. The summed E-state index contributed by atoms with van der Waals surface area (Å²) in [6, 6.07) is 0.362. The van der Waals surface area contributed by atoms with Gasteiger partial charge in [0, 0.05) is 16.2 Å². The molecule has 1 aromatic rings. The molecule has 0 aromatic heterocycles. The number of alkyl halides is 9. The summed E-state index contributed by atoms with van der Waals surface area (Å²) >= 11 is 0. The smallest absolute Gasteiger partial charge is 0.221 e. The minimum atomic E-state index is -6.79. The van der Waals surface area contributed by atoms with E-state index in [0.29, 0.717) is 0 Å². The molecule has 1 unspecified atom stereocenters. The van der Waals surface area contributed by atoms with Crippen molar-refractivity contribution in [2.75, 3.05) is 0 Å². The maximum atomic E-state index is 14.4. The van der Waals surface area contributed by atoms with Gasteiger partial charge in [-0.25, -0.2) is 4.39 Å². The third kappa shape index (κ3) is 3.22. The second kappa shape index (κ2) is 6.32. The molecule has 12 heteroatoms. The number of hydrogen-bond acceptors (Lipinski definition) is 1. The van der Waals surface area contributed by atoms with Crippen LogP contribution in [0.1, 0.15) is 23.6 Å². The van der Waals surface area contributed by atoms with E-state index >= 15 is 0 Å². The lowest BCUT2D eigenvalue weighted by Crippen LogP contribution is -2.59. The quantitative estimate of drug-likeness (QED) is 0.251. The monoisotopic (exact) mass is 379 g/mol. The molecule has 0 bridgehead atoms. The zero-order chi connectivity index (χ0) is 19.8. The number of rotatable bonds is 4. The number of benzene rings is 1. The third-order valence-corrected chi connectivity index (χ3v) is 3.48. The Bertz CT molecular complexity index is 702. The largest absolute Gasteiger partial charge is 0.457 e. The molecule has 1 rings (SSSR count). The van der Waals surface area contributed by atoms with Crippen LogP contribution in [-0.4, -0.2) is 18.3 Å². The topological polar surface area (TPSA) is 48.8 Å². The Kier molecular flexibility index (Phi) is 5.30. The number of nitrogens with zero attached hydrogens (tertiary/aromatic N) is 3. The van der Waals surface area contributed by atoms with Crippen molar-refractivity contribution in [2.45, 2.75) is 44.2 Å². The molecule has 0 amide bonds. The van der Waals surface area contributed by atoms with Gasteiger partial charge in [0.15, 0.2) is 0 Å². The lowest BCUT2D eigenvalue weighted by atomic mass is 9.85. The summed E-state index contributed by atoms with van der Waals surface area (Å²) in [5.41, 5.74) is -0.497. The van der Waals surface area contributed by atoms with Gasteiger partial charge in [0.2, 0.25) is 0 Å². The highest BCUT2D eigenvalue weighted by molar-refractivity contribution is 5.56. The molecule has 0 aliphatic rings. The maximum Gasteiger partial charge on any atom is 0.457 e. The van der Waals surface area contributed by atoms with Crippen LogP contribution in [0, 0.1) is 6.92 Å². The number of hydrogen-bond donors (Lipinski definition) is 0. The zero-order valence-corrected chi connectivity index (χ0v) is 12.6. The summed E-state index contributed by atoms with van der Waals surface area (Å²) in [5, 5.41) is 3.14. The second-order valence-corrected chi connectivity index (χ2v) is 5.07. The molecule has 1 aromatic carbocycles. The predicted octanol–water partition coefficient (Wildman–Crippen LogP) is 6.42. The lowest BCUT2D eigenvalue weighted by molar-refractivity contribution is -0.389. The van der Waals surface area contributed by atoms with Crippen LogP contribution in [-0.2, 0) is 12.1 Å². The van der Waals surface area contributed by atoms with Gasteiger partial charge >= 0.3 is 23.9 Å². The van der Waals surface area contributed by atoms with Crippen molar-refractivity contribution in [1.29, 1.82) is 0 Å². The van der Waals surface area contributed by atoms with Crippen LogP contribution < -0.4 is 0 Å². The standard InChI is InChI=1S/C13H10F9N3/c1-3-7-5-8(4-6(2)9(7)24-25-23)10(14,12(17,18)19)11(15,16)13(20,21)22/h4-5H,3H2,1-2H3. The fourth-order valence-electron chi connectivity index (χ4n) is 2.23. The van der Waals surface area contributed by atoms with Crippen molar-refractivity contribution in [2.24, 2.45) is 5.11 Å². The van der Waals surface area contributed by atoms with Gasteiger partial charge in [0.05, 0.1) is 0 Å². The van der Waals surface area contributed by atoms with Gasteiger partial charge in [0.1, 0.15) is 0 Å². The van der Waals surface area contributed by atoms with Gasteiger partial charge in [-0.2, -0.15) is 35.1 Å². The molecule has 0 radical (unpaired) electrons. The first kappa shape index (κ1) is 20.9. The van der Waals surface area contributed by atoms with Crippen LogP contribution in [0.5, 0.6) is 0 Å². The molecule has 1 atom stereocenters. The van der Waals surface area contributed by atoms with Crippen molar-refractivity contribution in [1.82, 2.24) is 0 Å². The van der Waals surface area contributed by atoms with Gasteiger partial charge in [-0.05, 0) is 30.0 Å². The Labute approximate surface area is 135 Å². The van der Waals surface area contributed by atoms with Crippen molar-refractivity contribution in [3.63, 3.8) is 0 Å². The molecular weight excluding hydrogens is 369 g/mol. The summed E-state index contributed by atoms with van der Waals surface area (Å²) < 4.78 is 118. The van der Waals surface area contributed by atoms with E-state index in [1.807, 2.05) is 0 Å². The second-order valence-electron chi connectivity index (χ2n) is 5.07. The van der Waals surface area contributed by atoms with E-state index in [1.54, 1.807) is 0 Å². The summed E-state index contributed by atoms with van der Waals surface area (Å²) in [5.74, 6) is -6.74. The zero-order valence-electron chi connectivity index (χ0n) is 12.6. The van der Waals surface area contributed by atoms with Gasteiger partial charge < -0.3 is 0 Å². The van der Waals surface area contributed by atoms with Crippen LogP contribution in [0.25, 0.3) is 10.4 Å². The van der Waals surface area contributed by atoms with Crippen molar-refractivity contribution < 1.29 is 39.5 Å². The van der Waals surface area contributed by atoms with E-state index in [0.717, 1.165) is 6.92 Å². The Hall–Kier alpha value is -2.10. The molecular formula is C13H10F9N3. The fourth-order valence-corrected chi connectivity index (χ4v) is 2.23. The highest BCUT2D eigenvalue weighted by Crippen LogP contribution is 2.58. The molecule has 0 heterocycles. The number of halogens is 9. The van der Waals surface area contributed by atoms with Gasteiger partial charge in [-0.3, -0.25) is 0 Å².